The van der Waals surface area contributed by atoms with Crippen LogP contribution in [0.3, 0.4) is 0 Å². The Hall–Kier alpha value is -1.22. The fourth-order valence-electron chi connectivity index (χ4n) is 2.90. The smallest absolute Gasteiger partial charge is 0.139 e. The Morgan fingerprint density at radius 3 is 3.17 bits per heavy atom. The third kappa shape index (κ3) is 2.19. The van der Waals surface area contributed by atoms with E-state index in [4.69, 9.17) is 11.6 Å². The molecule has 0 radical (unpaired) electrons. The van der Waals surface area contributed by atoms with Crippen molar-refractivity contribution in [3.63, 3.8) is 0 Å². The fraction of sp³-hybridized carbons (Fsp3) is 0.500. The second-order valence-corrected chi connectivity index (χ2v) is 5.74. The molecule has 0 bridgehead atoms. The third-order valence-corrected chi connectivity index (χ3v) is 4.11. The lowest BCUT2D eigenvalue weighted by atomic mass is 9.87. The van der Waals surface area contributed by atoms with Gasteiger partial charge in [-0.3, -0.25) is 0 Å². The van der Waals surface area contributed by atoms with Gasteiger partial charge in [0, 0.05) is 17.6 Å². The monoisotopic (exact) mass is 263 g/mol. The van der Waals surface area contributed by atoms with Crippen molar-refractivity contribution in [3.8, 4) is 0 Å². The molecule has 3 nitrogen and oxygen atoms in total. The molecule has 0 spiro atoms. The highest BCUT2D eigenvalue weighted by Gasteiger charge is 2.20. The topological polar surface area (TPSA) is 40.7 Å². The predicted octanol–water partition coefficient (Wildman–Crippen LogP) is 4.21. The van der Waals surface area contributed by atoms with E-state index in [0.717, 1.165) is 22.6 Å². The largest absolute Gasteiger partial charge is 0.380 e. The Bertz CT molecular complexity index is 549. The van der Waals surface area contributed by atoms with Gasteiger partial charge in [-0.1, -0.05) is 31.4 Å². The number of hydrogen-bond acceptors (Lipinski definition) is 2. The number of nitrogens with zero attached hydrogens (tertiary/aromatic N) is 1. The first-order valence-electron chi connectivity index (χ1n) is 6.62. The molecule has 2 aromatic rings. The summed E-state index contributed by atoms with van der Waals surface area (Å²) >= 11 is 6.28. The Balaban J connectivity index is 1.89. The zero-order valence-electron chi connectivity index (χ0n) is 10.5. The molecule has 1 aliphatic rings. The normalized spacial score (nSPS) is 24.3. The Labute approximate surface area is 112 Å². The van der Waals surface area contributed by atoms with Crippen molar-refractivity contribution < 1.29 is 0 Å². The molecule has 1 saturated carbocycles. The van der Waals surface area contributed by atoms with Gasteiger partial charge in [0.15, 0.2) is 0 Å². The van der Waals surface area contributed by atoms with Gasteiger partial charge in [-0.25, -0.2) is 4.98 Å². The van der Waals surface area contributed by atoms with Crippen molar-refractivity contribution in [3.05, 3.63) is 23.5 Å². The molecule has 0 amide bonds. The molecular formula is C14H18ClN3. The Morgan fingerprint density at radius 1 is 1.44 bits per heavy atom. The zero-order valence-corrected chi connectivity index (χ0v) is 11.3. The molecular weight excluding hydrogens is 246 g/mol. The van der Waals surface area contributed by atoms with Crippen molar-refractivity contribution >= 4 is 28.3 Å². The molecule has 2 unspecified atom stereocenters. The maximum Gasteiger partial charge on any atom is 0.139 e. The Kier molecular flexibility index (Phi) is 3.16. The van der Waals surface area contributed by atoms with E-state index in [1.807, 2.05) is 12.3 Å². The van der Waals surface area contributed by atoms with Gasteiger partial charge < -0.3 is 10.3 Å². The number of aromatic amines is 1. The summed E-state index contributed by atoms with van der Waals surface area (Å²) in [6.45, 7) is 2.33. The maximum absolute atomic E-state index is 6.28. The molecule has 2 aromatic heterocycles. The molecule has 1 fully saturated rings. The first kappa shape index (κ1) is 11.8. The van der Waals surface area contributed by atoms with Gasteiger partial charge in [0.05, 0.1) is 16.9 Å². The average Bonchev–Trinajstić information content (AvgIpc) is 2.81. The number of H-pyrrole nitrogens is 1. The lowest BCUT2D eigenvalue weighted by Gasteiger charge is -2.28. The van der Waals surface area contributed by atoms with E-state index in [9.17, 15) is 0 Å². The van der Waals surface area contributed by atoms with E-state index < -0.39 is 0 Å². The molecule has 2 N–H and O–H groups in total. The SMILES string of the molecule is CC1CCCC(Nc2c(Cl)cnc3[nH]ccc23)C1. The highest BCUT2D eigenvalue weighted by atomic mass is 35.5. The molecule has 96 valence electrons. The van der Waals surface area contributed by atoms with Crippen molar-refractivity contribution in [2.24, 2.45) is 5.92 Å². The second-order valence-electron chi connectivity index (χ2n) is 5.33. The van der Waals surface area contributed by atoms with E-state index in [2.05, 4.69) is 22.2 Å². The van der Waals surface area contributed by atoms with E-state index in [1.165, 1.54) is 25.7 Å². The molecule has 2 atom stereocenters. The number of anilines is 1. The minimum atomic E-state index is 0.534. The zero-order chi connectivity index (χ0) is 12.5. The van der Waals surface area contributed by atoms with Crippen LogP contribution in [-0.4, -0.2) is 16.0 Å². The van der Waals surface area contributed by atoms with Gasteiger partial charge in [-0.15, -0.1) is 0 Å². The summed E-state index contributed by atoms with van der Waals surface area (Å²) in [5.74, 6) is 0.804. The summed E-state index contributed by atoms with van der Waals surface area (Å²) in [6, 6.07) is 2.56. The van der Waals surface area contributed by atoms with E-state index in [1.54, 1.807) is 6.20 Å². The van der Waals surface area contributed by atoms with Gasteiger partial charge in [0.25, 0.3) is 0 Å². The Morgan fingerprint density at radius 2 is 2.33 bits per heavy atom. The second kappa shape index (κ2) is 4.81. The molecule has 0 aromatic carbocycles. The maximum atomic E-state index is 6.28. The summed E-state index contributed by atoms with van der Waals surface area (Å²) in [4.78, 5) is 7.41. The van der Waals surface area contributed by atoms with Gasteiger partial charge in [-0.2, -0.15) is 0 Å². The molecule has 18 heavy (non-hydrogen) atoms. The summed E-state index contributed by atoms with van der Waals surface area (Å²) in [5, 5.41) is 5.41. The van der Waals surface area contributed by atoms with E-state index in [0.29, 0.717) is 11.1 Å². The van der Waals surface area contributed by atoms with Gasteiger partial charge in [0.2, 0.25) is 0 Å². The highest BCUT2D eigenvalue weighted by Crippen LogP contribution is 2.33. The fourth-order valence-corrected chi connectivity index (χ4v) is 3.10. The van der Waals surface area contributed by atoms with Gasteiger partial charge in [0.1, 0.15) is 5.65 Å². The quantitative estimate of drug-likeness (QED) is 0.852. The van der Waals surface area contributed by atoms with Gasteiger partial charge >= 0.3 is 0 Å². The van der Waals surface area contributed by atoms with E-state index >= 15 is 0 Å². The van der Waals surface area contributed by atoms with Crippen LogP contribution in [0.1, 0.15) is 32.6 Å². The number of fused-ring (bicyclic) bond motifs is 1. The highest BCUT2D eigenvalue weighted by molar-refractivity contribution is 6.34. The molecule has 0 aliphatic heterocycles. The van der Waals surface area contributed by atoms with Crippen molar-refractivity contribution in [2.45, 2.75) is 38.6 Å². The number of halogens is 1. The van der Waals surface area contributed by atoms with Crippen molar-refractivity contribution in [1.29, 1.82) is 0 Å². The summed E-state index contributed by atoms with van der Waals surface area (Å²) < 4.78 is 0. The third-order valence-electron chi connectivity index (χ3n) is 3.83. The molecule has 0 saturated heterocycles. The van der Waals surface area contributed by atoms with Gasteiger partial charge in [-0.05, 0) is 24.8 Å². The lowest BCUT2D eigenvalue weighted by molar-refractivity contribution is 0.359. The first-order chi connectivity index (χ1) is 8.74. The number of aromatic nitrogens is 2. The summed E-state index contributed by atoms with van der Waals surface area (Å²) in [6.07, 6.45) is 8.73. The first-order valence-corrected chi connectivity index (χ1v) is 7.00. The number of pyridine rings is 1. The minimum Gasteiger partial charge on any atom is -0.380 e. The van der Waals surface area contributed by atoms with Crippen LogP contribution in [0.15, 0.2) is 18.5 Å². The van der Waals surface area contributed by atoms with Crippen LogP contribution in [0.4, 0.5) is 5.69 Å². The van der Waals surface area contributed by atoms with Crippen LogP contribution >= 0.6 is 11.6 Å². The summed E-state index contributed by atoms with van der Waals surface area (Å²) in [7, 11) is 0. The van der Waals surface area contributed by atoms with Crippen LogP contribution in [0.5, 0.6) is 0 Å². The van der Waals surface area contributed by atoms with E-state index in [-0.39, 0.29) is 0 Å². The van der Waals surface area contributed by atoms with Crippen LogP contribution < -0.4 is 5.32 Å². The number of hydrogen-bond donors (Lipinski definition) is 2. The van der Waals surface area contributed by atoms with Crippen LogP contribution in [0.25, 0.3) is 11.0 Å². The molecule has 4 heteroatoms. The molecule has 1 aliphatic carbocycles. The molecule has 3 rings (SSSR count). The number of rotatable bonds is 2. The average molecular weight is 264 g/mol. The van der Waals surface area contributed by atoms with Crippen molar-refractivity contribution in [2.75, 3.05) is 5.32 Å². The predicted molar refractivity (Wildman–Crippen MR) is 76.1 cm³/mol. The molecule has 2 heterocycles. The minimum absolute atomic E-state index is 0.534. The van der Waals surface area contributed by atoms with Crippen LogP contribution in [0.2, 0.25) is 5.02 Å². The van der Waals surface area contributed by atoms with Crippen molar-refractivity contribution in [1.82, 2.24) is 9.97 Å². The number of nitrogens with one attached hydrogen (secondary N) is 2. The lowest BCUT2D eigenvalue weighted by Crippen LogP contribution is -2.26. The van der Waals surface area contributed by atoms with Crippen LogP contribution in [0, 0.1) is 5.92 Å². The van der Waals surface area contributed by atoms with Crippen LogP contribution in [-0.2, 0) is 0 Å². The standard InChI is InChI=1S/C14H18ClN3/c1-9-3-2-4-10(7-9)18-13-11-5-6-16-14(11)17-8-12(13)15/h5-6,8-10H,2-4,7H2,1H3,(H2,16,17,18). The summed E-state index contributed by atoms with van der Waals surface area (Å²) in [5.41, 5.74) is 1.92.